The van der Waals surface area contributed by atoms with Crippen LogP contribution in [-0.4, -0.2) is 9.19 Å². The maximum Gasteiger partial charge on any atom is 0.208 e. The minimum absolute atomic E-state index is 0.00898. The van der Waals surface area contributed by atoms with E-state index in [4.69, 9.17) is 10.2 Å². The van der Waals surface area contributed by atoms with Gasteiger partial charge in [-0.25, -0.2) is 9.37 Å². The number of oxazole rings is 1. The van der Waals surface area contributed by atoms with Crippen LogP contribution in [0.4, 0.5) is 10.1 Å². The molecule has 1 heterocycles. The Morgan fingerprint density at radius 1 is 1.20 bits per heavy atom. The number of fused-ring (bicyclic) bond motifs is 1. The molecule has 6 heteroatoms. The molecule has 0 amide bonds. The molecule has 2 aromatic carbocycles. The highest BCUT2D eigenvalue weighted by molar-refractivity contribution is 7.84. The molecule has 4 nitrogen and oxygen atoms in total. The first-order valence-electron chi connectivity index (χ1n) is 5.92. The second kappa shape index (κ2) is 5.05. The Balaban J connectivity index is 1.92. The van der Waals surface area contributed by atoms with Crippen LogP contribution in [0, 0.1) is 5.82 Å². The largest absolute Gasteiger partial charge is 0.440 e. The fourth-order valence-corrected chi connectivity index (χ4v) is 2.92. The Morgan fingerprint density at radius 2 is 2.00 bits per heavy atom. The number of nitrogen functional groups attached to an aromatic ring is 1. The summed E-state index contributed by atoms with van der Waals surface area (Å²) >= 11 is 0. The lowest BCUT2D eigenvalue weighted by Gasteiger charge is -2.00. The predicted octanol–water partition coefficient (Wildman–Crippen LogP) is 2.86. The zero-order valence-electron chi connectivity index (χ0n) is 10.4. The van der Waals surface area contributed by atoms with Gasteiger partial charge in [-0.1, -0.05) is 18.2 Å². The van der Waals surface area contributed by atoms with Gasteiger partial charge in [0.05, 0.1) is 21.4 Å². The number of para-hydroxylation sites is 1. The molecule has 2 N–H and O–H groups in total. The van der Waals surface area contributed by atoms with Crippen LogP contribution in [0.2, 0.25) is 0 Å². The third kappa shape index (κ3) is 2.30. The SMILES string of the molecule is Nc1cccc2oc(CS(=O)c3ccccc3F)nc12. The van der Waals surface area contributed by atoms with Gasteiger partial charge in [0, 0.05) is 0 Å². The zero-order chi connectivity index (χ0) is 14.1. The Kier molecular flexibility index (Phi) is 3.23. The molecule has 1 atom stereocenters. The fraction of sp³-hybridized carbons (Fsp3) is 0.0714. The summed E-state index contributed by atoms with van der Waals surface area (Å²) in [4.78, 5) is 4.34. The molecule has 20 heavy (non-hydrogen) atoms. The molecule has 0 aliphatic heterocycles. The van der Waals surface area contributed by atoms with Crippen molar-refractivity contribution in [3.05, 3.63) is 54.2 Å². The number of rotatable bonds is 3. The van der Waals surface area contributed by atoms with Crippen LogP contribution in [-0.2, 0) is 16.6 Å². The van der Waals surface area contributed by atoms with Gasteiger partial charge in [0.15, 0.2) is 5.58 Å². The van der Waals surface area contributed by atoms with E-state index in [9.17, 15) is 8.60 Å². The highest BCUT2D eigenvalue weighted by atomic mass is 32.2. The van der Waals surface area contributed by atoms with Crippen molar-refractivity contribution >= 4 is 27.6 Å². The van der Waals surface area contributed by atoms with Crippen molar-refractivity contribution in [2.24, 2.45) is 0 Å². The van der Waals surface area contributed by atoms with Gasteiger partial charge in [-0.3, -0.25) is 4.21 Å². The topological polar surface area (TPSA) is 69.1 Å². The zero-order valence-corrected chi connectivity index (χ0v) is 11.2. The molecule has 0 saturated carbocycles. The van der Waals surface area contributed by atoms with Gasteiger partial charge in [0.2, 0.25) is 5.89 Å². The van der Waals surface area contributed by atoms with Crippen molar-refractivity contribution in [1.29, 1.82) is 0 Å². The maximum absolute atomic E-state index is 13.5. The third-order valence-corrected chi connectivity index (χ3v) is 4.16. The Hall–Kier alpha value is -2.21. The maximum atomic E-state index is 13.5. The minimum Gasteiger partial charge on any atom is -0.440 e. The van der Waals surface area contributed by atoms with E-state index in [0.717, 1.165) is 0 Å². The standard InChI is InChI=1S/C14H11FN2O2S/c15-9-4-1-2-7-12(9)20(18)8-13-17-14-10(16)5-3-6-11(14)19-13/h1-7H,8,16H2. The van der Waals surface area contributed by atoms with E-state index in [2.05, 4.69) is 4.98 Å². The summed E-state index contributed by atoms with van der Waals surface area (Å²) in [6, 6.07) is 11.1. The molecule has 0 fully saturated rings. The van der Waals surface area contributed by atoms with Gasteiger partial charge in [-0.05, 0) is 24.3 Å². The summed E-state index contributed by atoms with van der Waals surface area (Å²) in [5.74, 6) is -0.212. The summed E-state index contributed by atoms with van der Waals surface area (Å²) in [6.45, 7) is 0. The van der Waals surface area contributed by atoms with E-state index < -0.39 is 16.6 Å². The van der Waals surface area contributed by atoms with E-state index in [1.807, 2.05) is 0 Å². The third-order valence-electron chi connectivity index (χ3n) is 2.83. The lowest BCUT2D eigenvalue weighted by atomic mass is 10.3. The molecule has 0 radical (unpaired) electrons. The highest BCUT2D eigenvalue weighted by Gasteiger charge is 2.15. The van der Waals surface area contributed by atoms with E-state index in [1.165, 1.54) is 12.1 Å². The second-order valence-electron chi connectivity index (χ2n) is 4.22. The Labute approximate surface area is 116 Å². The lowest BCUT2D eigenvalue weighted by Crippen LogP contribution is -1.99. The first-order valence-corrected chi connectivity index (χ1v) is 7.24. The molecular formula is C14H11FN2O2S. The predicted molar refractivity (Wildman–Crippen MR) is 74.9 cm³/mol. The van der Waals surface area contributed by atoms with Gasteiger partial charge in [0.1, 0.15) is 17.1 Å². The van der Waals surface area contributed by atoms with Crippen molar-refractivity contribution < 1.29 is 13.0 Å². The van der Waals surface area contributed by atoms with Crippen molar-refractivity contribution in [1.82, 2.24) is 4.98 Å². The number of hydrogen-bond acceptors (Lipinski definition) is 4. The summed E-state index contributed by atoms with van der Waals surface area (Å²) < 4.78 is 31.2. The first-order chi connectivity index (χ1) is 9.65. The number of hydrogen-bond donors (Lipinski definition) is 1. The van der Waals surface area contributed by atoms with Crippen LogP contribution in [0.25, 0.3) is 11.1 Å². The van der Waals surface area contributed by atoms with Crippen LogP contribution in [0.5, 0.6) is 0 Å². The van der Waals surface area contributed by atoms with Gasteiger partial charge in [0.25, 0.3) is 0 Å². The van der Waals surface area contributed by atoms with Crippen LogP contribution >= 0.6 is 0 Å². The second-order valence-corrected chi connectivity index (χ2v) is 5.64. The van der Waals surface area contributed by atoms with Crippen molar-refractivity contribution in [3.8, 4) is 0 Å². The lowest BCUT2D eigenvalue weighted by molar-refractivity contribution is 0.550. The van der Waals surface area contributed by atoms with Crippen LogP contribution < -0.4 is 5.73 Å². The molecule has 0 bridgehead atoms. The van der Waals surface area contributed by atoms with Crippen molar-refractivity contribution in [2.75, 3.05) is 5.73 Å². The molecule has 1 aromatic heterocycles. The van der Waals surface area contributed by atoms with Crippen LogP contribution in [0.15, 0.2) is 51.8 Å². The number of halogens is 1. The van der Waals surface area contributed by atoms with Gasteiger partial charge >= 0.3 is 0 Å². The van der Waals surface area contributed by atoms with E-state index in [0.29, 0.717) is 16.8 Å². The summed E-state index contributed by atoms with van der Waals surface area (Å²) in [5, 5.41) is 0. The van der Waals surface area contributed by atoms with Crippen LogP contribution in [0.1, 0.15) is 5.89 Å². The van der Waals surface area contributed by atoms with Crippen molar-refractivity contribution in [3.63, 3.8) is 0 Å². The molecule has 0 saturated heterocycles. The van der Waals surface area contributed by atoms with Gasteiger partial charge < -0.3 is 10.2 Å². The number of aromatic nitrogens is 1. The molecule has 102 valence electrons. The number of anilines is 1. The molecule has 3 rings (SSSR count). The summed E-state index contributed by atoms with van der Waals surface area (Å²) in [7, 11) is -1.55. The Morgan fingerprint density at radius 3 is 2.75 bits per heavy atom. The normalized spacial score (nSPS) is 12.7. The monoisotopic (exact) mass is 290 g/mol. The van der Waals surface area contributed by atoms with E-state index in [1.54, 1.807) is 30.3 Å². The van der Waals surface area contributed by atoms with Crippen molar-refractivity contribution in [2.45, 2.75) is 10.6 Å². The molecule has 0 spiro atoms. The molecule has 0 aliphatic carbocycles. The average Bonchev–Trinajstić information content (AvgIpc) is 2.83. The minimum atomic E-state index is -1.55. The molecule has 3 aromatic rings. The van der Waals surface area contributed by atoms with E-state index in [-0.39, 0.29) is 16.5 Å². The highest BCUT2D eigenvalue weighted by Crippen LogP contribution is 2.23. The smallest absolute Gasteiger partial charge is 0.208 e. The van der Waals surface area contributed by atoms with Crippen LogP contribution in [0.3, 0.4) is 0 Å². The van der Waals surface area contributed by atoms with Gasteiger partial charge in [-0.2, -0.15) is 0 Å². The Bertz CT molecular complexity index is 801. The molecular weight excluding hydrogens is 279 g/mol. The quantitative estimate of drug-likeness (QED) is 0.753. The number of benzene rings is 2. The number of nitrogens with zero attached hydrogens (tertiary/aromatic N) is 1. The summed E-state index contributed by atoms with van der Waals surface area (Å²) in [5.41, 5.74) is 7.34. The first kappa shape index (κ1) is 12.8. The molecule has 0 aliphatic rings. The fourth-order valence-electron chi connectivity index (χ4n) is 1.90. The summed E-state index contributed by atoms with van der Waals surface area (Å²) in [6.07, 6.45) is 0. The van der Waals surface area contributed by atoms with E-state index >= 15 is 0 Å². The average molecular weight is 290 g/mol. The molecule has 1 unspecified atom stereocenters. The number of nitrogens with two attached hydrogens (primary N) is 1. The van der Waals surface area contributed by atoms with Gasteiger partial charge in [-0.15, -0.1) is 0 Å².